The molecule has 1 saturated heterocycles. The summed E-state index contributed by atoms with van der Waals surface area (Å²) in [7, 11) is 0. The number of hydrogen-bond acceptors (Lipinski definition) is 4. The average molecular weight is 252 g/mol. The fourth-order valence-corrected chi connectivity index (χ4v) is 2.64. The molecule has 2 rings (SSSR count). The number of piperazine rings is 1. The Morgan fingerprint density at radius 2 is 2.35 bits per heavy atom. The third-order valence-corrected chi connectivity index (χ3v) is 3.71. The predicted octanol–water partition coefficient (Wildman–Crippen LogP) is 1.03. The first-order chi connectivity index (χ1) is 8.22. The molecular formula is C12H16N2O2S. The van der Waals surface area contributed by atoms with Crippen LogP contribution in [-0.4, -0.2) is 35.8 Å². The van der Waals surface area contributed by atoms with Crippen LogP contribution >= 0.6 is 11.3 Å². The van der Waals surface area contributed by atoms with Crippen LogP contribution in [0.5, 0.6) is 0 Å². The van der Waals surface area contributed by atoms with Crippen molar-refractivity contribution >= 4 is 23.2 Å². The molecule has 1 unspecified atom stereocenters. The van der Waals surface area contributed by atoms with Crippen molar-refractivity contribution < 1.29 is 9.59 Å². The van der Waals surface area contributed by atoms with E-state index in [4.69, 9.17) is 0 Å². The highest BCUT2D eigenvalue weighted by molar-refractivity contribution is 7.07. The molecule has 0 saturated carbocycles. The van der Waals surface area contributed by atoms with Gasteiger partial charge in [0.2, 0.25) is 11.8 Å². The molecule has 1 aliphatic rings. The van der Waals surface area contributed by atoms with E-state index < -0.39 is 0 Å². The molecule has 1 aliphatic heterocycles. The second kappa shape index (κ2) is 5.42. The van der Waals surface area contributed by atoms with Gasteiger partial charge in [-0.05, 0) is 35.2 Å². The maximum absolute atomic E-state index is 12.0. The van der Waals surface area contributed by atoms with E-state index in [2.05, 4.69) is 10.7 Å². The molecule has 2 heterocycles. The zero-order valence-corrected chi connectivity index (χ0v) is 10.6. The van der Waals surface area contributed by atoms with Crippen LogP contribution in [0.4, 0.5) is 0 Å². The Morgan fingerprint density at radius 3 is 3.00 bits per heavy atom. The first kappa shape index (κ1) is 12.3. The normalized spacial score (nSPS) is 21.0. The van der Waals surface area contributed by atoms with Crippen molar-refractivity contribution in [1.82, 2.24) is 10.2 Å². The molecule has 17 heavy (non-hydrogen) atoms. The highest BCUT2D eigenvalue weighted by Gasteiger charge is 2.32. The Labute approximate surface area is 105 Å². The van der Waals surface area contributed by atoms with E-state index in [1.54, 1.807) is 11.3 Å². The Kier molecular flexibility index (Phi) is 3.91. The second-order valence-electron chi connectivity index (χ2n) is 4.11. The summed E-state index contributed by atoms with van der Waals surface area (Å²) >= 11 is 1.63. The van der Waals surface area contributed by atoms with Gasteiger partial charge in [-0.1, -0.05) is 6.92 Å². The third kappa shape index (κ3) is 2.73. The van der Waals surface area contributed by atoms with Crippen molar-refractivity contribution in [3.8, 4) is 0 Å². The van der Waals surface area contributed by atoms with Gasteiger partial charge >= 0.3 is 0 Å². The van der Waals surface area contributed by atoms with Crippen LogP contribution < -0.4 is 5.32 Å². The van der Waals surface area contributed by atoms with Gasteiger partial charge in [0, 0.05) is 6.54 Å². The first-order valence-corrected chi connectivity index (χ1v) is 6.75. The van der Waals surface area contributed by atoms with Crippen LogP contribution in [0.1, 0.15) is 18.9 Å². The Bertz CT molecular complexity index is 403. The Balaban J connectivity index is 1.97. The molecule has 4 nitrogen and oxygen atoms in total. The summed E-state index contributed by atoms with van der Waals surface area (Å²) in [6.07, 6.45) is 1.47. The number of hydrogen-bond donors (Lipinski definition) is 1. The van der Waals surface area contributed by atoms with Gasteiger partial charge in [-0.25, -0.2) is 0 Å². The largest absolute Gasteiger partial charge is 0.297 e. The molecule has 1 aromatic heterocycles. The van der Waals surface area contributed by atoms with Gasteiger partial charge in [-0.2, -0.15) is 11.3 Å². The SMILES string of the molecule is CCC1NCC(=O)N(CCc2ccsc2)C1=O. The van der Waals surface area contributed by atoms with Gasteiger partial charge in [0.05, 0.1) is 12.6 Å². The predicted molar refractivity (Wildman–Crippen MR) is 66.8 cm³/mol. The highest BCUT2D eigenvalue weighted by atomic mass is 32.1. The van der Waals surface area contributed by atoms with Crippen LogP contribution in [-0.2, 0) is 16.0 Å². The number of nitrogens with zero attached hydrogens (tertiary/aromatic N) is 1. The summed E-state index contributed by atoms with van der Waals surface area (Å²) in [4.78, 5) is 25.0. The van der Waals surface area contributed by atoms with E-state index in [0.717, 1.165) is 12.8 Å². The lowest BCUT2D eigenvalue weighted by Crippen LogP contribution is -2.58. The average Bonchev–Trinajstić information content (AvgIpc) is 2.82. The van der Waals surface area contributed by atoms with E-state index in [1.807, 2.05) is 18.4 Å². The molecule has 0 bridgehead atoms. The van der Waals surface area contributed by atoms with Crippen molar-refractivity contribution in [2.45, 2.75) is 25.8 Å². The van der Waals surface area contributed by atoms with Crippen molar-refractivity contribution in [1.29, 1.82) is 0 Å². The number of carbonyl (C=O) groups is 2. The van der Waals surface area contributed by atoms with E-state index in [9.17, 15) is 9.59 Å². The minimum atomic E-state index is -0.199. The Morgan fingerprint density at radius 1 is 1.53 bits per heavy atom. The van der Waals surface area contributed by atoms with E-state index in [-0.39, 0.29) is 24.4 Å². The molecule has 0 aliphatic carbocycles. The molecule has 1 N–H and O–H groups in total. The van der Waals surface area contributed by atoms with Gasteiger partial charge in [-0.3, -0.25) is 19.8 Å². The van der Waals surface area contributed by atoms with Crippen molar-refractivity contribution in [2.75, 3.05) is 13.1 Å². The summed E-state index contributed by atoms with van der Waals surface area (Å²) in [5.41, 5.74) is 1.18. The maximum atomic E-state index is 12.0. The highest BCUT2D eigenvalue weighted by Crippen LogP contribution is 2.10. The lowest BCUT2D eigenvalue weighted by Gasteiger charge is -2.31. The maximum Gasteiger partial charge on any atom is 0.246 e. The van der Waals surface area contributed by atoms with Crippen LogP contribution in [0, 0.1) is 0 Å². The zero-order chi connectivity index (χ0) is 12.3. The molecule has 1 fully saturated rings. The van der Waals surface area contributed by atoms with Crippen molar-refractivity contribution in [3.05, 3.63) is 22.4 Å². The summed E-state index contributed by atoms with van der Waals surface area (Å²) in [5.74, 6) is -0.200. The van der Waals surface area contributed by atoms with Crippen LogP contribution in [0.15, 0.2) is 16.8 Å². The second-order valence-corrected chi connectivity index (χ2v) is 4.89. The van der Waals surface area contributed by atoms with Gasteiger partial charge < -0.3 is 0 Å². The number of nitrogens with one attached hydrogen (secondary N) is 1. The number of imide groups is 1. The molecular weight excluding hydrogens is 236 g/mol. The molecule has 92 valence electrons. The molecule has 2 amide bonds. The first-order valence-electron chi connectivity index (χ1n) is 5.81. The molecule has 0 spiro atoms. The van der Waals surface area contributed by atoms with E-state index in [1.165, 1.54) is 10.5 Å². The summed E-state index contributed by atoms with van der Waals surface area (Å²) in [6, 6.07) is 1.83. The van der Waals surface area contributed by atoms with Crippen LogP contribution in [0.25, 0.3) is 0 Å². The fourth-order valence-electron chi connectivity index (χ4n) is 1.93. The Hall–Kier alpha value is -1.20. The van der Waals surface area contributed by atoms with Gasteiger partial charge in [0.15, 0.2) is 0 Å². The van der Waals surface area contributed by atoms with Crippen LogP contribution in [0.3, 0.4) is 0 Å². The summed E-state index contributed by atoms with van der Waals surface area (Å²) in [6.45, 7) is 2.71. The molecule has 0 aromatic carbocycles. The standard InChI is InChI=1S/C12H16N2O2S/c1-2-10-12(16)14(11(15)7-13-10)5-3-9-4-6-17-8-9/h4,6,8,10,13H,2-3,5,7H2,1H3. The quantitative estimate of drug-likeness (QED) is 0.814. The minimum Gasteiger partial charge on any atom is -0.297 e. The van der Waals surface area contributed by atoms with Gasteiger partial charge in [0.1, 0.15) is 0 Å². The summed E-state index contributed by atoms with van der Waals surface area (Å²) in [5, 5.41) is 7.01. The topological polar surface area (TPSA) is 49.4 Å². The third-order valence-electron chi connectivity index (χ3n) is 2.98. The number of rotatable bonds is 4. The van der Waals surface area contributed by atoms with Gasteiger partial charge in [-0.15, -0.1) is 0 Å². The van der Waals surface area contributed by atoms with Crippen molar-refractivity contribution in [2.24, 2.45) is 0 Å². The fraction of sp³-hybridized carbons (Fsp3) is 0.500. The van der Waals surface area contributed by atoms with Gasteiger partial charge in [0.25, 0.3) is 0 Å². The number of amides is 2. The molecule has 1 aromatic rings. The lowest BCUT2D eigenvalue weighted by atomic mass is 10.1. The van der Waals surface area contributed by atoms with Crippen molar-refractivity contribution in [3.63, 3.8) is 0 Å². The number of carbonyl (C=O) groups excluding carboxylic acids is 2. The molecule has 1 atom stereocenters. The van der Waals surface area contributed by atoms with E-state index >= 15 is 0 Å². The minimum absolute atomic E-state index is 0.0843. The number of thiophene rings is 1. The van der Waals surface area contributed by atoms with E-state index in [0.29, 0.717) is 6.54 Å². The smallest absolute Gasteiger partial charge is 0.246 e. The molecule has 5 heteroatoms. The molecule has 0 radical (unpaired) electrons. The van der Waals surface area contributed by atoms with Crippen LogP contribution in [0.2, 0.25) is 0 Å². The summed E-state index contributed by atoms with van der Waals surface area (Å²) < 4.78 is 0. The lowest BCUT2D eigenvalue weighted by molar-refractivity contribution is -0.149. The monoisotopic (exact) mass is 252 g/mol. The zero-order valence-electron chi connectivity index (χ0n) is 9.81.